The van der Waals surface area contributed by atoms with Crippen molar-refractivity contribution in [3.05, 3.63) is 35.9 Å². The molecular weight excluding hydrogens is 368 g/mol. The van der Waals surface area contributed by atoms with Crippen LogP contribution in [0.15, 0.2) is 30.2 Å². The average Bonchev–Trinajstić information content (AvgIpc) is 3.10. The van der Waals surface area contributed by atoms with Crippen molar-refractivity contribution in [1.82, 2.24) is 9.97 Å². The van der Waals surface area contributed by atoms with E-state index in [0.717, 1.165) is 48.9 Å². The van der Waals surface area contributed by atoms with Crippen molar-refractivity contribution in [3.63, 3.8) is 0 Å². The van der Waals surface area contributed by atoms with Crippen molar-refractivity contribution in [1.29, 1.82) is 0 Å². The van der Waals surface area contributed by atoms with E-state index in [9.17, 15) is 5.11 Å². The third kappa shape index (κ3) is 3.27. The van der Waals surface area contributed by atoms with Gasteiger partial charge in [-0.2, -0.15) is 0 Å². The summed E-state index contributed by atoms with van der Waals surface area (Å²) in [4.78, 5) is 8.51. The first-order valence-corrected chi connectivity index (χ1v) is 12.5. The number of fused-ring (bicyclic) bond motifs is 5. The Morgan fingerprint density at radius 3 is 2.80 bits per heavy atom. The summed E-state index contributed by atoms with van der Waals surface area (Å²) in [5, 5.41) is 10.2. The predicted octanol–water partition coefficient (Wildman–Crippen LogP) is 5.99. The van der Waals surface area contributed by atoms with Gasteiger partial charge in [-0.3, -0.25) is 0 Å². The molecule has 7 unspecified atom stereocenters. The van der Waals surface area contributed by atoms with E-state index in [1.54, 1.807) is 11.9 Å². The van der Waals surface area contributed by atoms with E-state index >= 15 is 0 Å². The van der Waals surface area contributed by atoms with E-state index in [1.165, 1.54) is 50.6 Å². The molecule has 0 aromatic carbocycles. The first-order valence-electron chi connectivity index (χ1n) is 12.5. The molecule has 5 rings (SSSR count). The van der Waals surface area contributed by atoms with Crippen LogP contribution in [0.3, 0.4) is 0 Å². The Hall–Kier alpha value is -1.22. The second kappa shape index (κ2) is 7.73. The van der Waals surface area contributed by atoms with Crippen LogP contribution in [0.25, 0.3) is 0 Å². The van der Waals surface area contributed by atoms with Crippen LogP contribution in [-0.4, -0.2) is 21.2 Å². The lowest BCUT2D eigenvalue weighted by Crippen LogP contribution is -2.50. The van der Waals surface area contributed by atoms with Gasteiger partial charge in [0, 0.05) is 11.9 Å². The number of aryl methyl sites for hydroxylation is 1. The van der Waals surface area contributed by atoms with Crippen LogP contribution in [0.5, 0.6) is 0 Å². The molecule has 0 spiro atoms. The van der Waals surface area contributed by atoms with Crippen LogP contribution in [0, 0.1) is 40.4 Å². The molecular formula is C27H40N2O. The number of aromatic nitrogens is 2. The third-order valence-electron chi connectivity index (χ3n) is 10.3. The normalized spacial score (nSPS) is 43.9. The highest BCUT2D eigenvalue weighted by molar-refractivity contribution is 5.25. The number of aliphatic hydroxyl groups is 1. The van der Waals surface area contributed by atoms with Crippen LogP contribution in [0.4, 0.5) is 0 Å². The summed E-state index contributed by atoms with van der Waals surface area (Å²) in [5.41, 5.74) is 3.67. The van der Waals surface area contributed by atoms with Gasteiger partial charge >= 0.3 is 0 Å². The van der Waals surface area contributed by atoms with Gasteiger partial charge in [-0.25, -0.2) is 9.97 Å². The Morgan fingerprint density at radius 2 is 2.00 bits per heavy atom. The topological polar surface area (TPSA) is 46.0 Å². The minimum Gasteiger partial charge on any atom is -0.393 e. The van der Waals surface area contributed by atoms with Gasteiger partial charge in [-0.15, -0.1) is 0 Å². The highest BCUT2D eigenvalue weighted by Gasteiger charge is 2.59. The zero-order valence-corrected chi connectivity index (χ0v) is 19.2. The van der Waals surface area contributed by atoms with Crippen LogP contribution < -0.4 is 0 Å². The second-order valence-corrected chi connectivity index (χ2v) is 11.6. The summed E-state index contributed by atoms with van der Waals surface area (Å²) in [5.74, 6) is 4.23. The standard InChI is InChI=1S/C27H40N2O/c1-18(4-6-20-12-15-28-17-29-20)23-8-9-24-22-7-5-19-16-21(30)10-13-26(19,2)25(22)11-14-27(23,24)3/h5,12,15,17-18,21-25,30H,4,6-11,13-14,16H2,1-3H3/t18?,21?,22?,23?,24?,25?,26-,27?/m0/s1. The SMILES string of the molecule is CC(CCc1ccncn1)C1CCC2C3CC=C4CC(O)CC[C@]4(C)C3CCC12C. The summed E-state index contributed by atoms with van der Waals surface area (Å²) in [6.07, 6.45) is 18.4. The van der Waals surface area contributed by atoms with E-state index in [4.69, 9.17) is 0 Å². The molecule has 30 heavy (non-hydrogen) atoms. The summed E-state index contributed by atoms with van der Waals surface area (Å²) in [6, 6.07) is 2.07. The van der Waals surface area contributed by atoms with Crippen LogP contribution in [0.1, 0.15) is 84.3 Å². The lowest BCUT2D eigenvalue weighted by atomic mass is 9.47. The van der Waals surface area contributed by atoms with E-state index < -0.39 is 0 Å². The lowest BCUT2D eigenvalue weighted by molar-refractivity contribution is -0.0571. The molecule has 8 atom stereocenters. The largest absolute Gasteiger partial charge is 0.393 e. The van der Waals surface area contributed by atoms with Crippen LogP contribution >= 0.6 is 0 Å². The maximum absolute atomic E-state index is 10.2. The number of hydrogen-bond acceptors (Lipinski definition) is 3. The van der Waals surface area contributed by atoms with Crippen molar-refractivity contribution in [2.75, 3.05) is 0 Å². The molecule has 4 aliphatic rings. The van der Waals surface area contributed by atoms with Gasteiger partial charge in [-0.1, -0.05) is 32.4 Å². The molecule has 3 saturated carbocycles. The second-order valence-electron chi connectivity index (χ2n) is 11.6. The van der Waals surface area contributed by atoms with E-state index in [0.29, 0.717) is 10.8 Å². The van der Waals surface area contributed by atoms with Crippen LogP contribution in [0.2, 0.25) is 0 Å². The molecule has 0 aliphatic heterocycles. The highest BCUT2D eigenvalue weighted by Crippen LogP contribution is 2.67. The third-order valence-corrected chi connectivity index (χ3v) is 10.3. The molecule has 1 aromatic rings. The smallest absolute Gasteiger partial charge is 0.115 e. The summed E-state index contributed by atoms with van der Waals surface area (Å²) >= 11 is 0. The monoisotopic (exact) mass is 408 g/mol. The zero-order valence-electron chi connectivity index (χ0n) is 19.2. The maximum atomic E-state index is 10.2. The van der Waals surface area contributed by atoms with Gasteiger partial charge in [0.05, 0.1) is 6.10 Å². The van der Waals surface area contributed by atoms with E-state index in [2.05, 4.69) is 42.9 Å². The molecule has 1 N–H and O–H groups in total. The number of aliphatic hydroxyl groups excluding tert-OH is 1. The number of allylic oxidation sites excluding steroid dienone is 1. The molecule has 3 nitrogen and oxygen atoms in total. The van der Waals surface area contributed by atoms with Gasteiger partial charge in [0.25, 0.3) is 0 Å². The minimum atomic E-state index is -0.0960. The molecule has 0 amide bonds. The highest BCUT2D eigenvalue weighted by atomic mass is 16.3. The molecule has 3 heteroatoms. The minimum absolute atomic E-state index is 0.0960. The van der Waals surface area contributed by atoms with Gasteiger partial charge in [-0.05, 0) is 111 Å². The Bertz CT molecular complexity index is 791. The fraction of sp³-hybridized carbons (Fsp3) is 0.778. The van der Waals surface area contributed by atoms with Gasteiger partial charge < -0.3 is 5.11 Å². The summed E-state index contributed by atoms with van der Waals surface area (Å²) < 4.78 is 0. The summed E-state index contributed by atoms with van der Waals surface area (Å²) in [6.45, 7) is 7.70. The Morgan fingerprint density at radius 1 is 1.13 bits per heavy atom. The van der Waals surface area contributed by atoms with Crippen molar-refractivity contribution in [2.24, 2.45) is 40.4 Å². The fourth-order valence-corrected chi connectivity index (χ4v) is 8.66. The molecule has 0 saturated heterocycles. The zero-order chi connectivity index (χ0) is 20.9. The van der Waals surface area contributed by atoms with Crippen LogP contribution in [-0.2, 0) is 6.42 Å². The van der Waals surface area contributed by atoms with Gasteiger partial charge in [0.2, 0.25) is 0 Å². The van der Waals surface area contributed by atoms with Crippen molar-refractivity contribution in [2.45, 2.75) is 91.1 Å². The van der Waals surface area contributed by atoms with E-state index in [-0.39, 0.29) is 6.10 Å². The first-order chi connectivity index (χ1) is 14.4. The van der Waals surface area contributed by atoms with Gasteiger partial charge in [0.15, 0.2) is 0 Å². The molecule has 1 aromatic heterocycles. The fourth-order valence-electron chi connectivity index (χ4n) is 8.66. The average molecular weight is 409 g/mol. The molecule has 4 aliphatic carbocycles. The Balaban J connectivity index is 1.31. The van der Waals surface area contributed by atoms with Crippen molar-refractivity contribution < 1.29 is 5.11 Å². The molecule has 3 fully saturated rings. The lowest BCUT2D eigenvalue weighted by Gasteiger charge is -2.58. The number of hydrogen-bond donors (Lipinski definition) is 1. The Kier molecular flexibility index (Phi) is 5.32. The molecule has 0 radical (unpaired) electrons. The quantitative estimate of drug-likeness (QED) is 0.623. The Labute approximate surface area is 182 Å². The first kappa shape index (κ1) is 20.7. The molecule has 164 valence electrons. The van der Waals surface area contributed by atoms with E-state index in [1.807, 2.05) is 6.20 Å². The number of rotatable bonds is 4. The summed E-state index contributed by atoms with van der Waals surface area (Å²) in [7, 11) is 0. The molecule has 1 heterocycles. The van der Waals surface area contributed by atoms with Crippen molar-refractivity contribution >= 4 is 0 Å². The molecule has 0 bridgehead atoms. The van der Waals surface area contributed by atoms with Crippen molar-refractivity contribution in [3.8, 4) is 0 Å². The maximum Gasteiger partial charge on any atom is 0.115 e. The predicted molar refractivity (Wildman–Crippen MR) is 121 cm³/mol. The number of nitrogens with zero attached hydrogens (tertiary/aromatic N) is 2. The van der Waals surface area contributed by atoms with Gasteiger partial charge in [0.1, 0.15) is 6.33 Å².